The molecule has 0 saturated heterocycles. The van der Waals surface area contributed by atoms with Crippen LogP contribution in [-0.4, -0.2) is 42.5 Å². The van der Waals surface area contributed by atoms with Crippen LogP contribution in [0.15, 0.2) is 30.3 Å². The van der Waals surface area contributed by atoms with E-state index in [4.69, 9.17) is 14.3 Å². The average Bonchev–Trinajstić information content (AvgIpc) is 2.52. The first-order chi connectivity index (χ1) is 12.3. The third kappa shape index (κ3) is 7.24. The van der Waals surface area contributed by atoms with Crippen LogP contribution in [0.2, 0.25) is 18.1 Å². The molecular weight excluding hydrogens is 368 g/mol. The zero-order valence-corrected chi connectivity index (χ0v) is 17.4. The van der Waals surface area contributed by atoms with Gasteiger partial charge in [-0.15, -0.1) is 0 Å². The Morgan fingerprint density at radius 3 is 2.11 bits per heavy atom. The van der Waals surface area contributed by atoms with Gasteiger partial charge in [-0.3, -0.25) is 9.59 Å². The summed E-state index contributed by atoms with van der Waals surface area (Å²) in [5, 5.41) is 18.9. The molecule has 0 fully saturated rings. The zero-order valence-electron chi connectivity index (χ0n) is 16.4. The number of aliphatic hydroxyl groups excluding tert-OH is 1. The van der Waals surface area contributed by atoms with Crippen LogP contribution in [0.25, 0.3) is 0 Å². The standard InChI is InChI=1S/C19H28O7Si/c1-19(2,3)27(4,5)26-14(11-15(20)21)12-16(22)25-18(24)17(23)13-9-7-6-8-10-13/h6-10,14,17,23H,11-12H2,1-5H3,(H,20,21)/t14-,17?/m0/s1. The van der Waals surface area contributed by atoms with Crippen LogP contribution in [0.3, 0.4) is 0 Å². The fraction of sp³-hybridized carbons (Fsp3) is 0.526. The number of esters is 2. The first-order valence-corrected chi connectivity index (χ1v) is 11.6. The van der Waals surface area contributed by atoms with Gasteiger partial charge in [0, 0.05) is 0 Å². The van der Waals surface area contributed by atoms with Crippen LogP contribution in [0.5, 0.6) is 0 Å². The number of carbonyl (C=O) groups is 3. The Morgan fingerprint density at radius 1 is 1.07 bits per heavy atom. The van der Waals surface area contributed by atoms with E-state index < -0.39 is 38.4 Å². The van der Waals surface area contributed by atoms with Crippen molar-refractivity contribution in [1.82, 2.24) is 0 Å². The molecule has 1 aromatic rings. The second kappa shape index (κ2) is 9.25. The molecule has 1 unspecified atom stereocenters. The molecule has 0 saturated carbocycles. The Hall–Kier alpha value is -2.03. The van der Waals surface area contributed by atoms with Crippen LogP contribution < -0.4 is 0 Å². The number of ether oxygens (including phenoxy) is 1. The molecule has 0 heterocycles. The number of hydrogen-bond acceptors (Lipinski definition) is 6. The van der Waals surface area contributed by atoms with Crippen molar-refractivity contribution in [2.75, 3.05) is 0 Å². The minimum Gasteiger partial charge on any atom is -0.481 e. The predicted octanol–water partition coefficient (Wildman–Crippen LogP) is 3.05. The highest BCUT2D eigenvalue weighted by atomic mass is 28.4. The van der Waals surface area contributed by atoms with E-state index in [0.717, 1.165) is 0 Å². The Kier molecular flexibility index (Phi) is 7.88. The highest BCUT2D eigenvalue weighted by Crippen LogP contribution is 2.38. The summed E-state index contributed by atoms with van der Waals surface area (Å²) < 4.78 is 10.7. The number of aliphatic carboxylic acids is 1. The monoisotopic (exact) mass is 396 g/mol. The van der Waals surface area contributed by atoms with Crippen LogP contribution >= 0.6 is 0 Å². The molecule has 7 nitrogen and oxygen atoms in total. The van der Waals surface area contributed by atoms with E-state index in [-0.39, 0.29) is 17.9 Å². The summed E-state index contributed by atoms with van der Waals surface area (Å²) in [6.07, 6.45) is -3.25. The van der Waals surface area contributed by atoms with Crippen molar-refractivity contribution in [2.45, 2.75) is 64.0 Å². The van der Waals surface area contributed by atoms with Gasteiger partial charge in [0.2, 0.25) is 0 Å². The van der Waals surface area contributed by atoms with Crippen LogP contribution in [0.1, 0.15) is 45.3 Å². The number of carboxylic acids is 1. The maximum Gasteiger partial charge on any atom is 0.347 e. The number of hydrogen-bond donors (Lipinski definition) is 2. The molecule has 27 heavy (non-hydrogen) atoms. The normalized spacial score (nSPS) is 14.3. The molecule has 0 aliphatic carbocycles. The molecule has 0 aliphatic rings. The fourth-order valence-electron chi connectivity index (χ4n) is 2.11. The second-order valence-corrected chi connectivity index (χ2v) is 12.7. The van der Waals surface area contributed by atoms with Gasteiger partial charge in [-0.2, -0.15) is 0 Å². The van der Waals surface area contributed by atoms with Crippen molar-refractivity contribution >= 4 is 26.2 Å². The second-order valence-electron chi connectivity index (χ2n) is 7.91. The van der Waals surface area contributed by atoms with Crippen molar-refractivity contribution in [1.29, 1.82) is 0 Å². The SMILES string of the molecule is CC(C)(C)[Si](C)(C)O[C@@H](CC(=O)O)CC(=O)OC(=O)C(O)c1ccccc1. The smallest absolute Gasteiger partial charge is 0.347 e. The van der Waals surface area contributed by atoms with Crippen molar-refractivity contribution in [3.8, 4) is 0 Å². The average molecular weight is 397 g/mol. The van der Waals surface area contributed by atoms with Gasteiger partial charge in [0.15, 0.2) is 14.4 Å². The highest BCUT2D eigenvalue weighted by Gasteiger charge is 2.40. The summed E-state index contributed by atoms with van der Waals surface area (Å²) in [5.41, 5.74) is 0.301. The topological polar surface area (TPSA) is 110 Å². The highest BCUT2D eigenvalue weighted by molar-refractivity contribution is 6.74. The maximum absolute atomic E-state index is 12.1. The summed E-state index contributed by atoms with van der Waals surface area (Å²) >= 11 is 0. The van der Waals surface area contributed by atoms with Crippen LogP contribution in [-0.2, 0) is 23.5 Å². The van der Waals surface area contributed by atoms with Gasteiger partial charge in [-0.05, 0) is 23.7 Å². The van der Waals surface area contributed by atoms with Gasteiger partial charge in [0.1, 0.15) is 0 Å². The molecule has 1 aromatic carbocycles. The summed E-state index contributed by atoms with van der Waals surface area (Å²) in [7, 11) is -2.32. The first-order valence-electron chi connectivity index (χ1n) is 8.70. The molecule has 0 aromatic heterocycles. The number of carbonyl (C=O) groups excluding carboxylic acids is 2. The Morgan fingerprint density at radius 2 is 1.63 bits per heavy atom. The van der Waals surface area contributed by atoms with E-state index in [1.165, 1.54) is 12.1 Å². The first kappa shape index (κ1) is 23.0. The summed E-state index contributed by atoms with van der Waals surface area (Å²) in [6, 6.07) is 8.07. The summed E-state index contributed by atoms with van der Waals surface area (Å²) in [5.74, 6) is -3.14. The van der Waals surface area contributed by atoms with Crippen molar-refractivity contribution < 1.29 is 33.8 Å². The van der Waals surface area contributed by atoms with Gasteiger partial charge in [0.25, 0.3) is 0 Å². The quantitative estimate of drug-likeness (QED) is 0.395. The predicted molar refractivity (Wildman–Crippen MR) is 101 cm³/mol. The third-order valence-corrected chi connectivity index (χ3v) is 9.15. The number of benzene rings is 1. The van der Waals surface area contributed by atoms with Crippen molar-refractivity contribution in [3.05, 3.63) is 35.9 Å². The zero-order chi connectivity index (χ0) is 20.8. The molecule has 1 rings (SSSR count). The molecule has 2 atom stereocenters. The maximum atomic E-state index is 12.1. The van der Waals surface area contributed by atoms with Gasteiger partial charge in [0.05, 0.1) is 18.9 Å². The number of rotatable bonds is 8. The minimum absolute atomic E-state index is 0.174. The molecular formula is C19H28O7Si. The van der Waals surface area contributed by atoms with E-state index in [0.29, 0.717) is 5.56 Å². The van der Waals surface area contributed by atoms with Gasteiger partial charge < -0.3 is 19.4 Å². The van der Waals surface area contributed by atoms with E-state index in [1.807, 2.05) is 33.9 Å². The molecule has 0 bridgehead atoms. The Labute approximate surface area is 160 Å². The largest absolute Gasteiger partial charge is 0.481 e. The van der Waals surface area contributed by atoms with Crippen LogP contribution in [0, 0.1) is 0 Å². The lowest BCUT2D eigenvalue weighted by Gasteiger charge is -2.38. The third-order valence-electron chi connectivity index (χ3n) is 4.62. The lowest BCUT2D eigenvalue weighted by atomic mass is 10.1. The molecule has 0 spiro atoms. The summed E-state index contributed by atoms with van der Waals surface area (Å²) in [6.45, 7) is 9.87. The molecule has 0 aliphatic heterocycles. The van der Waals surface area contributed by atoms with Gasteiger partial charge in [-0.1, -0.05) is 51.1 Å². The molecule has 150 valence electrons. The molecule has 0 radical (unpaired) electrons. The molecule has 2 N–H and O–H groups in total. The Balaban J connectivity index is 2.76. The van der Waals surface area contributed by atoms with E-state index >= 15 is 0 Å². The Bertz CT molecular complexity index is 664. The fourth-order valence-corrected chi connectivity index (χ4v) is 3.46. The van der Waals surface area contributed by atoms with E-state index in [1.54, 1.807) is 18.2 Å². The van der Waals surface area contributed by atoms with Crippen LogP contribution in [0.4, 0.5) is 0 Å². The number of aliphatic hydroxyl groups is 1. The van der Waals surface area contributed by atoms with E-state index in [2.05, 4.69) is 0 Å². The molecule has 0 amide bonds. The van der Waals surface area contributed by atoms with Gasteiger partial charge in [-0.25, -0.2) is 4.79 Å². The van der Waals surface area contributed by atoms with Gasteiger partial charge >= 0.3 is 17.9 Å². The number of carboxylic acid groups (broad SMARTS) is 1. The van der Waals surface area contributed by atoms with Crippen molar-refractivity contribution in [3.63, 3.8) is 0 Å². The van der Waals surface area contributed by atoms with E-state index in [9.17, 15) is 19.5 Å². The molecule has 8 heteroatoms. The lowest BCUT2D eigenvalue weighted by Crippen LogP contribution is -2.45. The lowest BCUT2D eigenvalue weighted by molar-refractivity contribution is -0.167. The minimum atomic E-state index is -2.32. The summed E-state index contributed by atoms with van der Waals surface area (Å²) in [4.78, 5) is 35.2. The van der Waals surface area contributed by atoms with Crippen molar-refractivity contribution in [2.24, 2.45) is 0 Å².